The molecule has 2 aliphatic heterocycles. The zero-order chi connectivity index (χ0) is 21.8. The van der Waals surface area contributed by atoms with Gasteiger partial charge in [-0.25, -0.2) is 0 Å². The number of rotatable bonds is 7. The third-order valence-corrected chi connectivity index (χ3v) is 7.18. The van der Waals surface area contributed by atoms with Crippen molar-refractivity contribution in [1.29, 1.82) is 0 Å². The van der Waals surface area contributed by atoms with Gasteiger partial charge in [0.15, 0.2) is 5.69 Å². The van der Waals surface area contributed by atoms with Crippen LogP contribution < -0.4 is 5.32 Å². The van der Waals surface area contributed by atoms with Crippen molar-refractivity contribution in [2.75, 3.05) is 45.9 Å². The average molecular weight is 430 g/mol. The monoisotopic (exact) mass is 429 g/mol. The van der Waals surface area contributed by atoms with Gasteiger partial charge in [0, 0.05) is 55.6 Å². The lowest BCUT2D eigenvalue weighted by molar-refractivity contribution is -0.0104. The molecule has 172 valence electrons. The molecule has 1 atom stereocenters. The topological polar surface area (TPSA) is 62.6 Å². The zero-order valence-corrected chi connectivity index (χ0v) is 19.4. The summed E-state index contributed by atoms with van der Waals surface area (Å²) in [5, 5.41) is 8.60. The van der Waals surface area contributed by atoms with Gasteiger partial charge in [0.2, 0.25) is 0 Å². The first-order valence-electron chi connectivity index (χ1n) is 12.0. The average Bonchev–Trinajstić information content (AvgIpc) is 3.16. The normalized spacial score (nSPS) is 22.9. The summed E-state index contributed by atoms with van der Waals surface area (Å²) in [5.74, 6) is 0.119. The van der Waals surface area contributed by atoms with Crippen LogP contribution >= 0.6 is 0 Å². The van der Waals surface area contributed by atoms with Crippen LogP contribution in [0.25, 0.3) is 0 Å². The van der Waals surface area contributed by atoms with Crippen molar-refractivity contribution in [1.82, 2.24) is 24.9 Å². The smallest absolute Gasteiger partial charge is 0.274 e. The number of allylic oxidation sites excluding steroid dienone is 1. The van der Waals surface area contributed by atoms with Crippen LogP contribution in [-0.4, -0.2) is 83.0 Å². The quantitative estimate of drug-likeness (QED) is 0.674. The van der Waals surface area contributed by atoms with E-state index in [1.807, 2.05) is 15.7 Å². The lowest BCUT2D eigenvalue weighted by Crippen LogP contribution is -2.56. The number of fused-ring (bicyclic) bond motifs is 1. The Morgan fingerprint density at radius 3 is 2.68 bits per heavy atom. The highest BCUT2D eigenvalue weighted by Crippen LogP contribution is 2.27. The molecule has 7 nitrogen and oxygen atoms in total. The van der Waals surface area contributed by atoms with E-state index in [0.717, 1.165) is 83.6 Å². The maximum absolute atomic E-state index is 13.3. The Morgan fingerprint density at radius 1 is 1.23 bits per heavy atom. The maximum atomic E-state index is 13.3. The lowest BCUT2D eigenvalue weighted by atomic mass is 9.90. The van der Waals surface area contributed by atoms with Gasteiger partial charge >= 0.3 is 0 Å². The van der Waals surface area contributed by atoms with Crippen molar-refractivity contribution in [2.24, 2.45) is 0 Å². The molecule has 2 saturated heterocycles. The first-order chi connectivity index (χ1) is 15.0. The second-order valence-corrected chi connectivity index (χ2v) is 9.83. The van der Waals surface area contributed by atoms with E-state index in [1.54, 1.807) is 0 Å². The summed E-state index contributed by atoms with van der Waals surface area (Å²) in [7, 11) is 0. The third kappa shape index (κ3) is 5.04. The minimum absolute atomic E-state index is 0.0868. The van der Waals surface area contributed by atoms with Crippen molar-refractivity contribution in [3.63, 3.8) is 0 Å². The van der Waals surface area contributed by atoms with Crippen LogP contribution in [0.15, 0.2) is 12.7 Å². The highest BCUT2D eigenvalue weighted by molar-refractivity contribution is 5.94. The highest BCUT2D eigenvalue weighted by atomic mass is 16.5. The van der Waals surface area contributed by atoms with E-state index in [1.165, 1.54) is 12.1 Å². The Bertz CT molecular complexity index is 775. The van der Waals surface area contributed by atoms with Crippen molar-refractivity contribution in [3.05, 3.63) is 29.6 Å². The van der Waals surface area contributed by atoms with Crippen LogP contribution in [-0.2, 0) is 24.1 Å². The molecule has 0 spiro atoms. The molecule has 0 radical (unpaired) electrons. The predicted octanol–water partition coefficient (Wildman–Crippen LogP) is 2.25. The molecule has 2 fully saturated rings. The summed E-state index contributed by atoms with van der Waals surface area (Å²) >= 11 is 0. The number of carbonyl (C=O) groups excluding carboxylic acids is 1. The molecule has 4 rings (SSSR count). The number of carbonyl (C=O) groups is 1. The van der Waals surface area contributed by atoms with Crippen LogP contribution in [0, 0.1) is 0 Å². The molecule has 0 aromatic carbocycles. The van der Waals surface area contributed by atoms with E-state index in [-0.39, 0.29) is 11.4 Å². The zero-order valence-electron chi connectivity index (χ0n) is 19.4. The summed E-state index contributed by atoms with van der Waals surface area (Å²) in [6.45, 7) is 15.4. The molecule has 0 unspecified atom stereocenters. The number of morpholine rings is 1. The molecule has 1 N–H and O–H groups in total. The number of aromatic nitrogens is 2. The number of hydrogen-bond donors (Lipinski definition) is 1. The molecule has 0 bridgehead atoms. The van der Waals surface area contributed by atoms with E-state index in [9.17, 15) is 4.79 Å². The molecule has 7 heteroatoms. The predicted molar refractivity (Wildman–Crippen MR) is 122 cm³/mol. The van der Waals surface area contributed by atoms with Crippen LogP contribution in [0.2, 0.25) is 0 Å². The Balaban J connectivity index is 1.46. The number of likely N-dealkylation sites (tertiary alicyclic amines) is 1. The summed E-state index contributed by atoms with van der Waals surface area (Å²) in [6.07, 6.45) is 8.20. The van der Waals surface area contributed by atoms with Crippen LogP contribution in [0.3, 0.4) is 0 Å². The molecule has 3 aliphatic rings. The second kappa shape index (κ2) is 9.84. The molecule has 1 aliphatic carbocycles. The fourth-order valence-corrected chi connectivity index (χ4v) is 5.23. The first kappa shape index (κ1) is 22.5. The molecular weight excluding hydrogens is 390 g/mol. The van der Waals surface area contributed by atoms with E-state index < -0.39 is 0 Å². The number of ether oxygens (including phenoxy) is 1. The van der Waals surface area contributed by atoms with Crippen LogP contribution in [0.5, 0.6) is 0 Å². The van der Waals surface area contributed by atoms with E-state index in [2.05, 4.69) is 30.6 Å². The molecule has 1 amide bonds. The molecule has 3 heterocycles. The molecule has 1 aromatic rings. The van der Waals surface area contributed by atoms with Crippen molar-refractivity contribution in [3.8, 4) is 0 Å². The molecule has 31 heavy (non-hydrogen) atoms. The van der Waals surface area contributed by atoms with Crippen molar-refractivity contribution >= 4 is 5.91 Å². The van der Waals surface area contributed by atoms with Gasteiger partial charge in [0.25, 0.3) is 5.91 Å². The van der Waals surface area contributed by atoms with Crippen LogP contribution in [0.4, 0.5) is 0 Å². The Morgan fingerprint density at radius 2 is 1.97 bits per heavy atom. The van der Waals surface area contributed by atoms with Crippen molar-refractivity contribution < 1.29 is 9.53 Å². The third-order valence-electron chi connectivity index (χ3n) is 7.18. The molecule has 1 aromatic heterocycles. The molecular formula is C24H39N5O2. The van der Waals surface area contributed by atoms with Gasteiger partial charge in [0.1, 0.15) is 0 Å². The van der Waals surface area contributed by atoms with Gasteiger partial charge in [-0.2, -0.15) is 5.10 Å². The second-order valence-electron chi connectivity index (χ2n) is 9.83. The van der Waals surface area contributed by atoms with Gasteiger partial charge in [-0.3, -0.25) is 14.4 Å². The Kier molecular flexibility index (Phi) is 7.14. The molecule has 0 saturated carbocycles. The maximum Gasteiger partial charge on any atom is 0.274 e. The highest BCUT2D eigenvalue weighted by Gasteiger charge is 2.33. The summed E-state index contributed by atoms with van der Waals surface area (Å²) in [5.41, 5.74) is 3.15. The van der Waals surface area contributed by atoms with E-state index in [4.69, 9.17) is 9.84 Å². The van der Waals surface area contributed by atoms with Gasteiger partial charge in [-0.05, 0) is 52.4 Å². The summed E-state index contributed by atoms with van der Waals surface area (Å²) in [6, 6.07) is 0.377. The number of nitrogens with zero attached hydrogens (tertiary/aromatic N) is 4. The Labute approximate surface area is 186 Å². The first-order valence-corrected chi connectivity index (χ1v) is 12.0. The Hall–Kier alpha value is -1.70. The van der Waals surface area contributed by atoms with Gasteiger partial charge < -0.3 is 15.0 Å². The van der Waals surface area contributed by atoms with Gasteiger partial charge in [0.05, 0.1) is 19.8 Å². The fraction of sp³-hybridized carbons (Fsp3) is 0.750. The largest absolute Gasteiger partial charge is 0.379 e. The SMILES string of the molecule is C=CCn1nc(C(=O)N2CCCCC2)c2c1CC[C@@H](NCC(C)(C)N1CCOCC1)C2. The fourth-order valence-electron chi connectivity index (χ4n) is 5.23. The number of hydrogen-bond acceptors (Lipinski definition) is 5. The minimum atomic E-state index is 0.0868. The minimum Gasteiger partial charge on any atom is -0.379 e. The number of amides is 1. The lowest BCUT2D eigenvalue weighted by Gasteiger charge is -2.42. The summed E-state index contributed by atoms with van der Waals surface area (Å²) < 4.78 is 7.53. The summed E-state index contributed by atoms with van der Waals surface area (Å²) in [4.78, 5) is 17.8. The van der Waals surface area contributed by atoms with Crippen molar-refractivity contribution in [2.45, 2.75) is 70.5 Å². The van der Waals surface area contributed by atoms with E-state index in [0.29, 0.717) is 18.3 Å². The van der Waals surface area contributed by atoms with E-state index >= 15 is 0 Å². The van der Waals surface area contributed by atoms with Gasteiger partial charge in [-0.15, -0.1) is 6.58 Å². The number of piperidine rings is 1. The van der Waals surface area contributed by atoms with Gasteiger partial charge in [-0.1, -0.05) is 6.08 Å². The standard InChI is InChI=1S/C24H39N5O2/c1-4-10-29-21-9-8-19(25-18-24(2,3)28-13-15-31-16-14-28)17-20(21)22(26-29)23(30)27-11-6-5-7-12-27/h4,19,25H,1,5-18H2,2-3H3/t19-/m1/s1. The van der Waals surface area contributed by atoms with Crippen LogP contribution in [0.1, 0.15) is 61.3 Å². The number of nitrogens with one attached hydrogen (secondary N) is 1.